The SMILES string of the molecule is Cc1ccc(-n2cccc2[C@@H]2[C@@H](c3ccccn3)NC(=S)N2Cc2ccco2)cc1C. The van der Waals surface area contributed by atoms with Gasteiger partial charge >= 0.3 is 0 Å². The minimum Gasteiger partial charge on any atom is -0.467 e. The molecule has 1 aliphatic heterocycles. The van der Waals surface area contributed by atoms with Crippen molar-refractivity contribution in [3.63, 3.8) is 0 Å². The average molecular weight is 429 g/mol. The summed E-state index contributed by atoms with van der Waals surface area (Å²) >= 11 is 5.78. The zero-order valence-corrected chi connectivity index (χ0v) is 18.3. The van der Waals surface area contributed by atoms with E-state index in [2.05, 4.69) is 70.1 Å². The van der Waals surface area contributed by atoms with Crippen molar-refractivity contribution in [3.05, 3.63) is 108 Å². The van der Waals surface area contributed by atoms with Crippen LogP contribution < -0.4 is 5.32 Å². The van der Waals surface area contributed by atoms with Crippen molar-refractivity contribution in [1.29, 1.82) is 0 Å². The maximum Gasteiger partial charge on any atom is 0.170 e. The van der Waals surface area contributed by atoms with Crippen LogP contribution in [0.3, 0.4) is 0 Å². The lowest BCUT2D eigenvalue weighted by atomic mass is 10.0. The van der Waals surface area contributed by atoms with E-state index in [-0.39, 0.29) is 12.1 Å². The van der Waals surface area contributed by atoms with Crippen LogP contribution in [0.1, 0.15) is 40.4 Å². The Morgan fingerprint density at radius 3 is 2.68 bits per heavy atom. The largest absolute Gasteiger partial charge is 0.467 e. The Hall–Kier alpha value is -3.38. The molecule has 1 aliphatic rings. The van der Waals surface area contributed by atoms with E-state index in [0.717, 1.165) is 22.8 Å². The Morgan fingerprint density at radius 1 is 1.03 bits per heavy atom. The Morgan fingerprint density at radius 2 is 1.94 bits per heavy atom. The predicted octanol–water partition coefficient (Wildman–Crippen LogP) is 5.25. The summed E-state index contributed by atoms with van der Waals surface area (Å²) in [6.07, 6.45) is 5.64. The Kier molecular flexibility index (Phi) is 5.08. The van der Waals surface area contributed by atoms with Crippen LogP contribution in [0.4, 0.5) is 0 Å². The zero-order valence-electron chi connectivity index (χ0n) is 17.5. The molecular formula is C25H24N4OS. The van der Waals surface area contributed by atoms with E-state index in [0.29, 0.717) is 11.7 Å². The number of hydrogen-bond acceptors (Lipinski definition) is 3. The first-order valence-electron chi connectivity index (χ1n) is 10.4. The number of pyridine rings is 1. The van der Waals surface area contributed by atoms with Gasteiger partial charge in [-0.25, -0.2) is 0 Å². The summed E-state index contributed by atoms with van der Waals surface area (Å²) in [4.78, 5) is 6.83. The number of thiocarbonyl (C=S) groups is 1. The van der Waals surface area contributed by atoms with Crippen LogP contribution in [0.5, 0.6) is 0 Å². The molecule has 4 aromatic rings. The molecule has 1 N–H and O–H groups in total. The zero-order chi connectivity index (χ0) is 21.4. The van der Waals surface area contributed by atoms with Crippen molar-refractivity contribution in [2.75, 3.05) is 0 Å². The summed E-state index contributed by atoms with van der Waals surface area (Å²) in [6, 6.07) is 20.6. The molecule has 0 bridgehead atoms. The number of nitrogens with one attached hydrogen (secondary N) is 1. The van der Waals surface area contributed by atoms with Crippen LogP contribution in [0, 0.1) is 13.8 Å². The predicted molar refractivity (Wildman–Crippen MR) is 125 cm³/mol. The highest BCUT2D eigenvalue weighted by atomic mass is 32.1. The molecule has 1 saturated heterocycles. The van der Waals surface area contributed by atoms with E-state index in [1.807, 2.05) is 36.5 Å². The van der Waals surface area contributed by atoms with Crippen LogP contribution in [0.15, 0.2) is 83.7 Å². The number of rotatable bonds is 5. The smallest absolute Gasteiger partial charge is 0.170 e. The minimum absolute atomic E-state index is 0.0379. The summed E-state index contributed by atoms with van der Waals surface area (Å²) in [5, 5.41) is 4.21. The van der Waals surface area contributed by atoms with Crippen molar-refractivity contribution >= 4 is 17.3 Å². The topological polar surface area (TPSA) is 46.2 Å². The first-order chi connectivity index (χ1) is 15.1. The maximum absolute atomic E-state index is 5.78. The summed E-state index contributed by atoms with van der Waals surface area (Å²) in [5.41, 5.74) is 5.80. The summed E-state index contributed by atoms with van der Waals surface area (Å²) in [7, 11) is 0. The van der Waals surface area contributed by atoms with Crippen LogP contribution in [0.25, 0.3) is 5.69 Å². The molecule has 1 aromatic carbocycles. The van der Waals surface area contributed by atoms with Gasteiger partial charge in [-0.15, -0.1) is 0 Å². The molecule has 3 aromatic heterocycles. The molecule has 156 valence electrons. The van der Waals surface area contributed by atoms with E-state index < -0.39 is 0 Å². The van der Waals surface area contributed by atoms with Crippen LogP contribution in [-0.4, -0.2) is 19.6 Å². The van der Waals surface area contributed by atoms with Gasteiger partial charge in [0.05, 0.1) is 30.6 Å². The monoisotopic (exact) mass is 428 g/mol. The summed E-state index contributed by atoms with van der Waals surface area (Å²) < 4.78 is 7.89. The second-order valence-electron chi connectivity index (χ2n) is 7.91. The molecule has 2 atom stereocenters. The molecule has 1 fully saturated rings. The van der Waals surface area contributed by atoms with Gasteiger partial charge in [0.15, 0.2) is 5.11 Å². The quantitative estimate of drug-likeness (QED) is 0.440. The van der Waals surface area contributed by atoms with Crippen LogP contribution in [0.2, 0.25) is 0 Å². The highest BCUT2D eigenvalue weighted by Crippen LogP contribution is 2.40. The minimum atomic E-state index is -0.0659. The van der Waals surface area contributed by atoms with Gasteiger partial charge in [-0.3, -0.25) is 4.98 Å². The van der Waals surface area contributed by atoms with Gasteiger partial charge in [0.25, 0.3) is 0 Å². The van der Waals surface area contributed by atoms with Crippen LogP contribution in [-0.2, 0) is 6.54 Å². The maximum atomic E-state index is 5.78. The van der Waals surface area contributed by atoms with E-state index in [9.17, 15) is 0 Å². The molecule has 0 radical (unpaired) electrons. The Labute approximate surface area is 187 Å². The molecular weight excluding hydrogens is 404 g/mol. The van der Waals surface area contributed by atoms with Crippen molar-refractivity contribution in [2.45, 2.75) is 32.5 Å². The van der Waals surface area contributed by atoms with Crippen molar-refractivity contribution in [1.82, 2.24) is 19.8 Å². The molecule has 6 heteroatoms. The Bertz CT molecular complexity index is 1200. The first-order valence-corrected chi connectivity index (χ1v) is 10.8. The van der Waals surface area contributed by atoms with E-state index in [4.69, 9.17) is 16.6 Å². The second-order valence-corrected chi connectivity index (χ2v) is 8.29. The van der Waals surface area contributed by atoms with Gasteiger partial charge in [-0.1, -0.05) is 12.1 Å². The summed E-state index contributed by atoms with van der Waals surface area (Å²) in [5.74, 6) is 0.875. The van der Waals surface area contributed by atoms with Gasteiger partial charge in [-0.2, -0.15) is 0 Å². The van der Waals surface area contributed by atoms with Crippen molar-refractivity contribution in [2.24, 2.45) is 0 Å². The standard InChI is InChI=1S/C25H24N4OS/c1-17-10-11-19(15-18(17)2)28-13-5-9-22(28)24-23(21-8-3-4-12-26-21)27-25(31)29(24)16-20-7-6-14-30-20/h3-15,23-24H,16H2,1-2H3,(H,27,31)/t23-,24-/m1/s1. The number of aryl methyl sites for hydroxylation is 2. The fourth-order valence-electron chi connectivity index (χ4n) is 4.21. The molecule has 0 aliphatic carbocycles. The molecule has 0 unspecified atom stereocenters. The van der Waals surface area contributed by atoms with Gasteiger partial charge in [0.1, 0.15) is 5.76 Å². The lowest BCUT2D eigenvalue weighted by molar-refractivity contribution is 0.280. The van der Waals surface area contributed by atoms with Gasteiger partial charge in [0.2, 0.25) is 0 Å². The Balaban J connectivity index is 1.61. The first kappa shape index (κ1) is 19.6. The number of nitrogens with zero attached hydrogens (tertiary/aromatic N) is 3. The highest BCUT2D eigenvalue weighted by molar-refractivity contribution is 7.80. The molecule has 5 nitrogen and oxygen atoms in total. The van der Waals surface area contributed by atoms with E-state index in [1.165, 1.54) is 11.1 Å². The normalized spacial score (nSPS) is 18.4. The average Bonchev–Trinajstić information content (AvgIpc) is 3.52. The second kappa shape index (κ2) is 8.04. The van der Waals surface area contributed by atoms with Crippen molar-refractivity contribution in [3.8, 4) is 5.69 Å². The molecule has 0 spiro atoms. The molecule has 0 saturated carbocycles. The van der Waals surface area contributed by atoms with Gasteiger partial charge in [-0.05, 0) is 85.7 Å². The third-order valence-corrected chi connectivity index (χ3v) is 6.31. The fourth-order valence-corrected chi connectivity index (χ4v) is 4.52. The molecule has 5 rings (SSSR count). The van der Waals surface area contributed by atoms with E-state index >= 15 is 0 Å². The fraction of sp³-hybridized carbons (Fsp3) is 0.200. The van der Waals surface area contributed by atoms with E-state index in [1.54, 1.807) is 6.26 Å². The third-order valence-electron chi connectivity index (χ3n) is 5.96. The van der Waals surface area contributed by atoms with Crippen LogP contribution >= 0.6 is 12.2 Å². The lowest BCUT2D eigenvalue weighted by Gasteiger charge is -2.28. The molecule has 4 heterocycles. The number of aromatic nitrogens is 2. The lowest BCUT2D eigenvalue weighted by Crippen LogP contribution is -2.29. The number of furan rings is 1. The number of benzene rings is 1. The molecule has 0 amide bonds. The molecule has 31 heavy (non-hydrogen) atoms. The summed E-state index contributed by atoms with van der Waals surface area (Å²) in [6.45, 7) is 4.87. The van der Waals surface area contributed by atoms with Gasteiger partial charge < -0.3 is 19.2 Å². The highest BCUT2D eigenvalue weighted by Gasteiger charge is 2.41. The van der Waals surface area contributed by atoms with Crippen molar-refractivity contribution < 1.29 is 4.42 Å². The van der Waals surface area contributed by atoms with Gasteiger partial charge in [0, 0.05) is 23.8 Å². The third kappa shape index (κ3) is 3.64. The number of hydrogen-bond donors (Lipinski definition) is 1.